The van der Waals surface area contributed by atoms with E-state index < -0.39 is 14.6 Å². The summed E-state index contributed by atoms with van der Waals surface area (Å²) in [6.45, 7) is 8.06. The standard InChI is InChI=1S/C19H30N2O3S.ClH/c1-18(2,3)16-7-5-15(6-8-16)9-12-21-17(22)19(25(4,23)24)10-13-20-14-11-19;/h5-8,20H,9-14H2,1-4H3,(H,21,22);1H. The van der Waals surface area contributed by atoms with E-state index in [4.69, 9.17) is 0 Å². The summed E-state index contributed by atoms with van der Waals surface area (Å²) in [7, 11) is -3.46. The lowest BCUT2D eigenvalue weighted by atomic mass is 9.86. The highest BCUT2D eigenvalue weighted by Gasteiger charge is 2.48. The van der Waals surface area contributed by atoms with Crippen molar-refractivity contribution in [1.82, 2.24) is 10.6 Å². The van der Waals surface area contributed by atoms with Gasteiger partial charge in [0.2, 0.25) is 5.91 Å². The topological polar surface area (TPSA) is 75.3 Å². The lowest BCUT2D eigenvalue weighted by molar-refractivity contribution is -0.124. The fraction of sp³-hybridized carbons (Fsp3) is 0.632. The Bertz CT molecular complexity index is 703. The van der Waals surface area contributed by atoms with Crippen molar-refractivity contribution in [2.24, 2.45) is 0 Å². The van der Waals surface area contributed by atoms with Gasteiger partial charge < -0.3 is 10.6 Å². The molecule has 1 aromatic carbocycles. The van der Waals surface area contributed by atoms with E-state index in [2.05, 4.69) is 55.7 Å². The average Bonchev–Trinajstić information content (AvgIpc) is 2.54. The molecule has 1 fully saturated rings. The highest BCUT2D eigenvalue weighted by molar-refractivity contribution is 7.92. The third-order valence-electron chi connectivity index (χ3n) is 5.05. The van der Waals surface area contributed by atoms with Crippen LogP contribution in [-0.2, 0) is 26.5 Å². The Morgan fingerprint density at radius 1 is 1.15 bits per heavy atom. The first-order valence-electron chi connectivity index (χ1n) is 8.84. The van der Waals surface area contributed by atoms with Crippen molar-refractivity contribution in [1.29, 1.82) is 0 Å². The van der Waals surface area contributed by atoms with Crippen LogP contribution in [0.2, 0.25) is 0 Å². The normalized spacial score (nSPS) is 17.2. The van der Waals surface area contributed by atoms with Crippen molar-refractivity contribution in [3.63, 3.8) is 0 Å². The number of halogens is 1. The van der Waals surface area contributed by atoms with Crippen LogP contribution in [0.1, 0.15) is 44.7 Å². The number of hydrogen-bond donors (Lipinski definition) is 2. The molecule has 1 heterocycles. The fourth-order valence-corrected chi connectivity index (χ4v) is 4.60. The molecule has 26 heavy (non-hydrogen) atoms. The first kappa shape index (κ1) is 22.9. The van der Waals surface area contributed by atoms with Crippen molar-refractivity contribution >= 4 is 28.2 Å². The second-order valence-corrected chi connectivity index (χ2v) is 10.3. The van der Waals surface area contributed by atoms with E-state index in [0.717, 1.165) is 5.56 Å². The minimum Gasteiger partial charge on any atom is -0.354 e. The Balaban J connectivity index is 0.00000338. The van der Waals surface area contributed by atoms with Crippen molar-refractivity contribution in [2.75, 3.05) is 25.9 Å². The zero-order chi connectivity index (χ0) is 18.7. The molecule has 2 N–H and O–H groups in total. The van der Waals surface area contributed by atoms with Crippen molar-refractivity contribution < 1.29 is 13.2 Å². The van der Waals surface area contributed by atoms with Crippen LogP contribution in [0.25, 0.3) is 0 Å². The quantitative estimate of drug-likeness (QED) is 0.791. The van der Waals surface area contributed by atoms with Gasteiger partial charge in [-0.15, -0.1) is 12.4 Å². The monoisotopic (exact) mass is 402 g/mol. The molecule has 1 aliphatic rings. The Kier molecular flexibility index (Phi) is 7.69. The number of benzene rings is 1. The summed E-state index contributed by atoms with van der Waals surface area (Å²) in [6.07, 6.45) is 2.52. The minimum absolute atomic E-state index is 0. The van der Waals surface area contributed by atoms with Crippen LogP contribution in [-0.4, -0.2) is 45.0 Å². The molecular weight excluding hydrogens is 372 g/mol. The zero-order valence-electron chi connectivity index (χ0n) is 16.1. The van der Waals surface area contributed by atoms with Crippen molar-refractivity contribution in [3.05, 3.63) is 35.4 Å². The second-order valence-electron chi connectivity index (χ2n) is 7.97. The summed E-state index contributed by atoms with van der Waals surface area (Å²) in [6, 6.07) is 8.37. The molecule has 1 aromatic rings. The Hall–Kier alpha value is -1.11. The van der Waals surface area contributed by atoms with Crippen LogP contribution in [0.5, 0.6) is 0 Å². The maximum absolute atomic E-state index is 12.6. The summed E-state index contributed by atoms with van der Waals surface area (Å²) < 4.78 is 23.2. The molecule has 0 saturated carbocycles. The van der Waals surface area contributed by atoms with E-state index in [-0.39, 0.29) is 23.7 Å². The Morgan fingerprint density at radius 3 is 2.15 bits per heavy atom. The van der Waals surface area contributed by atoms with E-state index in [0.29, 0.717) is 38.9 Å². The number of rotatable bonds is 5. The molecule has 148 valence electrons. The van der Waals surface area contributed by atoms with Gasteiger partial charge in [-0.05, 0) is 48.9 Å². The number of carbonyl (C=O) groups is 1. The molecule has 1 amide bonds. The number of piperidine rings is 1. The van der Waals surface area contributed by atoms with Crippen molar-refractivity contribution in [2.45, 2.75) is 50.2 Å². The van der Waals surface area contributed by atoms with Gasteiger partial charge in [0, 0.05) is 12.8 Å². The predicted octanol–water partition coefficient (Wildman–Crippen LogP) is 2.23. The van der Waals surface area contributed by atoms with Crippen LogP contribution in [0.3, 0.4) is 0 Å². The second kappa shape index (κ2) is 8.72. The van der Waals surface area contributed by atoms with E-state index in [1.165, 1.54) is 11.8 Å². The highest BCUT2D eigenvalue weighted by atomic mass is 35.5. The molecule has 0 atom stereocenters. The van der Waals surface area contributed by atoms with E-state index in [9.17, 15) is 13.2 Å². The summed E-state index contributed by atoms with van der Waals surface area (Å²) in [5, 5.41) is 5.97. The predicted molar refractivity (Wildman–Crippen MR) is 109 cm³/mol. The maximum atomic E-state index is 12.6. The van der Waals surface area contributed by atoms with Gasteiger partial charge in [0.1, 0.15) is 0 Å². The molecule has 7 heteroatoms. The molecule has 5 nitrogen and oxygen atoms in total. The molecule has 0 radical (unpaired) electrons. The SMILES string of the molecule is CC(C)(C)c1ccc(CCNC(=O)C2(S(C)(=O)=O)CCNCC2)cc1.Cl. The molecular formula is C19H31ClN2O3S. The van der Waals surface area contributed by atoms with Crippen LogP contribution >= 0.6 is 12.4 Å². The van der Waals surface area contributed by atoms with Crippen LogP contribution < -0.4 is 10.6 Å². The number of carbonyl (C=O) groups excluding carboxylic acids is 1. The van der Waals surface area contributed by atoms with Gasteiger partial charge >= 0.3 is 0 Å². The molecule has 0 unspecified atom stereocenters. The molecule has 0 aliphatic carbocycles. The summed E-state index contributed by atoms with van der Waals surface area (Å²) in [5.41, 5.74) is 2.52. The maximum Gasteiger partial charge on any atom is 0.241 e. The zero-order valence-corrected chi connectivity index (χ0v) is 17.7. The van der Waals surface area contributed by atoms with Crippen LogP contribution in [0.15, 0.2) is 24.3 Å². The first-order valence-corrected chi connectivity index (χ1v) is 10.7. The smallest absolute Gasteiger partial charge is 0.241 e. The molecule has 0 bridgehead atoms. The number of sulfone groups is 1. The Labute approximate surface area is 163 Å². The molecule has 0 aromatic heterocycles. The van der Waals surface area contributed by atoms with E-state index >= 15 is 0 Å². The lowest BCUT2D eigenvalue weighted by Crippen LogP contribution is -2.57. The number of hydrogen-bond acceptors (Lipinski definition) is 4. The lowest BCUT2D eigenvalue weighted by Gasteiger charge is -2.34. The molecule has 1 saturated heterocycles. The van der Waals surface area contributed by atoms with Gasteiger partial charge in [0.05, 0.1) is 0 Å². The van der Waals surface area contributed by atoms with Crippen LogP contribution in [0.4, 0.5) is 0 Å². The van der Waals surface area contributed by atoms with E-state index in [1.807, 2.05) is 0 Å². The van der Waals surface area contributed by atoms with Gasteiger partial charge in [-0.2, -0.15) is 0 Å². The summed E-state index contributed by atoms with van der Waals surface area (Å²) in [5.74, 6) is -0.359. The Morgan fingerprint density at radius 2 is 1.69 bits per heavy atom. The first-order chi connectivity index (χ1) is 11.6. The average molecular weight is 403 g/mol. The van der Waals surface area contributed by atoms with Gasteiger partial charge in [0.15, 0.2) is 14.6 Å². The highest BCUT2D eigenvalue weighted by Crippen LogP contribution is 2.28. The van der Waals surface area contributed by atoms with Gasteiger partial charge in [-0.3, -0.25) is 4.79 Å². The number of nitrogens with one attached hydrogen (secondary N) is 2. The van der Waals surface area contributed by atoms with Gasteiger partial charge in [-0.1, -0.05) is 45.0 Å². The molecule has 1 aliphatic heterocycles. The third kappa shape index (κ3) is 5.21. The van der Waals surface area contributed by atoms with Crippen LogP contribution in [0, 0.1) is 0 Å². The van der Waals surface area contributed by atoms with Gasteiger partial charge in [-0.25, -0.2) is 8.42 Å². The molecule has 2 rings (SSSR count). The van der Waals surface area contributed by atoms with E-state index in [1.54, 1.807) is 0 Å². The third-order valence-corrected chi connectivity index (χ3v) is 7.07. The van der Waals surface area contributed by atoms with Gasteiger partial charge in [0.25, 0.3) is 0 Å². The molecule has 0 spiro atoms. The summed E-state index contributed by atoms with van der Waals surface area (Å²) in [4.78, 5) is 12.6. The largest absolute Gasteiger partial charge is 0.354 e. The minimum atomic E-state index is -3.46. The van der Waals surface area contributed by atoms with Crippen molar-refractivity contribution in [3.8, 4) is 0 Å². The summed E-state index contributed by atoms with van der Waals surface area (Å²) >= 11 is 0. The fourth-order valence-electron chi connectivity index (χ4n) is 3.25. The number of amides is 1.